The zero-order chi connectivity index (χ0) is 19.3. The molecular weight excluding hydrogens is 396 g/mol. The van der Waals surface area contributed by atoms with Crippen molar-refractivity contribution >= 4 is 27.9 Å². The van der Waals surface area contributed by atoms with Crippen molar-refractivity contribution in [3.63, 3.8) is 0 Å². The van der Waals surface area contributed by atoms with Gasteiger partial charge in [-0.1, -0.05) is 28.1 Å². The third-order valence-corrected chi connectivity index (χ3v) is 5.02. The summed E-state index contributed by atoms with van der Waals surface area (Å²) >= 11 is 3.42. The average molecular weight is 425 g/mol. The number of benzene rings is 1. The first-order chi connectivity index (χ1) is 12.1. The maximum Gasteiger partial charge on any atom is 0.410 e. The van der Waals surface area contributed by atoms with Crippen LogP contribution in [0.25, 0.3) is 0 Å². The van der Waals surface area contributed by atoms with Crippen LogP contribution in [0.15, 0.2) is 28.7 Å². The number of likely N-dealkylation sites (tertiary alicyclic amines) is 1. The molecule has 0 N–H and O–H groups in total. The smallest absolute Gasteiger partial charge is 0.410 e. The molecule has 1 heterocycles. The van der Waals surface area contributed by atoms with Crippen LogP contribution in [0.1, 0.15) is 45.6 Å². The lowest BCUT2D eigenvalue weighted by Crippen LogP contribution is -2.42. The molecule has 5 nitrogen and oxygen atoms in total. The first-order valence-electron chi connectivity index (χ1n) is 9.10. The first-order valence-corrected chi connectivity index (χ1v) is 9.89. The van der Waals surface area contributed by atoms with Crippen LogP contribution in [0.4, 0.5) is 4.79 Å². The fourth-order valence-corrected chi connectivity index (χ4v) is 3.27. The quantitative estimate of drug-likeness (QED) is 0.717. The van der Waals surface area contributed by atoms with Gasteiger partial charge in [0.25, 0.3) is 0 Å². The summed E-state index contributed by atoms with van der Waals surface area (Å²) in [6, 6.07) is 8.01. The monoisotopic (exact) mass is 424 g/mol. The Morgan fingerprint density at radius 2 is 1.77 bits per heavy atom. The Morgan fingerprint density at radius 3 is 2.31 bits per heavy atom. The van der Waals surface area contributed by atoms with E-state index in [0.29, 0.717) is 32.0 Å². The lowest BCUT2D eigenvalue weighted by molar-refractivity contribution is -0.131. The molecule has 0 radical (unpaired) electrons. The van der Waals surface area contributed by atoms with Gasteiger partial charge in [0, 0.05) is 37.6 Å². The number of piperidine rings is 1. The van der Waals surface area contributed by atoms with Crippen LogP contribution in [-0.4, -0.2) is 47.5 Å². The summed E-state index contributed by atoms with van der Waals surface area (Å²) in [6.07, 6.45) is 1.97. The van der Waals surface area contributed by atoms with Crippen LogP contribution in [0.5, 0.6) is 0 Å². The first kappa shape index (κ1) is 20.7. The number of hydrogen-bond donors (Lipinski definition) is 0. The Kier molecular flexibility index (Phi) is 7.09. The Hall–Kier alpha value is -1.56. The largest absolute Gasteiger partial charge is 0.444 e. The third-order valence-electron chi connectivity index (χ3n) is 4.49. The zero-order valence-corrected chi connectivity index (χ0v) is 17.7. The highest BCUT2D eigenvalue weighted by molar-refractivity contribution is 9.10. The molecule has 1 aromatic carbocycles. The summed E-state index contributed by atoms with van der Waals surface area (Å²) in [4.78, 5) is 28.1. The Balaban J connectivity index is 1.76. The molecule has 0 unspecified atom stereocenters. The van der Waals surface area contributed by atoms with Gasteiger partial charge in [-0.05, 0) is 57.2 Å². The molecule has 144 valence electrons. The van der Waals surface area contributed by atoms with E-state index in [9.17, 15) is 9.59 Å². The normalized spacial score (nSPS) is 15.7. The highest BCUT2D eigenvalue weighted by atomic mass is 79.9. The lowest BCUT2D eigenvalue weighted by atomic mass is 9.93. The van der Waals surface area contributed by atoms with Crippen molar-refractivity contribution in [2.24, 2.45) is 5.92 Å². The van der Waals surface area contributed by atoms with E-state index in [1.165, 1.54) is 0 Å². The van der Waals surface area contributed by atoms with Gasteiger partial charge in [-0.25, -0.2) is 4.79 Å². The van der Waals surface area contributed by atoms with E-state index >= 15 is 0 Å². The molecule has 2 amide bonds. The van der Waals surface area contributed by atoms with Crippen molar-refractivity contribution in [3.05, 3.63) is 34.3 Å². The molecule has 6 heteroatoms. The van der Waals surface area contributed by atoms with Gasteiger partial charge in [-0.3, -0.25) is 4.79 Å². The van der Waals surface area contributed by atoms with Crippen molar-refractivity contribution in [2.45, 2.75) is 52.2 Å². The van der Waals surface area contributed by atoms with E-state index in [1.807, 2.05) is 52.1 Å². The van der Waals surface area contributed by atoms with Crippen LogP contribution >= 0.6 is 15.9 Å². The van der Waals surface area contributed by atoms with E-state index in [-0.39, 0.29) is 12.0 Å². The van der Waals surface area contributed by atoms with Gasteiger partial charge in [0.05, 0.1) is 0 Å². The van der Waals surface area contributed by atoms with Gasteiger partial charge in [-0.15, -0.1) is 0 Å². The molecular formula is C20H29BrN2O3. The van der Waals surface area contributed by atoms with Crippen molar-refractivity contribution in [2.75, 3.05) is 20.1 Å². The standard InChI is InChI=1S/C20H29BrN2O3/c1-20(2,3)26-19(25)23-11-9-15(10-12-23)13-18(24)22(4)14-16-5-7-17(21)8-6-16/h5-8,15H,9-14H2,1-4H3. The number of halogens is 1. The van der Waals surface area contributed by atoms with Gasteiger partial charge in [0.15, 0.2) is 0 Å². The average Bonchev–Trinajstić information content (AvgIpc) is 2.56. The number of rotatable bonds is 4. The lowest BCUT2D eigenvalue weighted by Gasteiger charge is -2.33. The molecule has 1 fully saturated rings. The molecule has 1 aromatic rings. The van der Waals surface area contributed by atoms with Gasteiger partial charge in [-0.2, -0.15) is 0 Å². The Morgan fingerprint density at radius 1 is 1.19 bits per heavy atom. The second kappa shape index (κ2) is 8.89. The topological polar surface area (TPSA) is 49.9 Å². The number of nitrogens with zero attached hydrogens (tertiary/aromatic N) is 2. The molecule has 0 spiro atoms. The van der Waals surface area contributed by atoms with Gasteiger partial charge >= 0.3 is 6.09 Å². The van der Waals surface area contributed by atoms with E-state index < -0.39 is 5.60 Å². The van der Waals surface area contributed by atoms with E-state index in [1.54, 1.807) is 9.80 Å². The summed E-state index contributed by atoms with van der Waals surface area (Å²) in [5.74, 6) is 0.484. The second-order valence-electron chi connectivity index (χ2n) is 7.99. The maximum atomic E-state index is 12.5. The second-order valence-corrected chi connectivity index (χ2v) is 8.91. The number of carbonyl (C=O) groups excluding carboxylic acids is 2. The minimum absolute atomic E-state index is 0.156. The molecule has 2 rings (SSSR count). The molecule has 0 aliphatic carbocycles. The van der Waals surface area contributed by atoms with Gasteiger partial charge in [0.2, 0.25) is 5.91 Å². The van der Waals surface area contributed by atoms with Gasteiger partial charge < -0.3 is 14.5 Å². The van der Waals surface area contributed by atoms with Crippen molar-refractivity contribution in [1.82, 2.24) is 9.80 Å². The predicted octanol–water partition coefficient (Wildman–Crippen LogP) is 4.44. The summed E-state index contributed by atoms with van der Waals surface area (Å²) in [6.45, 7) is 7.54. The maximum absolute atomic E-state index is 12.5. The number of amides is 2. The molecule has 1 saturated heterocycles. The van der Waals surface area contributed by atoms with E-state index in [0.717, 1.165) is 22.9 Å². The minimum Gasteiger partial charge on any atom is -0.444 e. The molecule has 1 aliphatic rings. The zero-order valence-electron chi connectivity index (χ0n) is 16.1. The Bertz CT molecular complexity index is 617. The summed E-state index contributed by atoms with van der Waals surface area (Å²) in [7, 11) is 1.85. The predicted molar refractivity (Wildman–Crippen MR) is 106 cm³/mol. The molecule has 0 atom stereocenters. The molecule has 26 heavy (non-hydrogen) atoms. The molecule has 0 aromatic heterocycles. The number of ether oxygens (including phenoxy) is 1. The minimum atomic E-state index is -0.473. The summed E-state index contributed by atoms with van der Waals surface area (Å²) < 4.78 is 6.45. The van der Waals surface area contributed by atoms with E-state index in [2.05, 4.69) is 15.9 Å². The van der Waals surface area contributed by atoms with Crippen LogP contribution in [0.2, 0.25) is 0 Å². The van der Waals surface area contributed by atoms with E-state index in [4.69, 9.17) is 4.74 Å². The number of carbonyl (C=O) groups is 2. The van der Waals surface area contributed by atoms with Crippen molar-refractivity contribution in [1.29, 1.82) is 0 Å². The summed E-state index contributed by atoms with van der Waals surface area (Å²) in [5, 5.41) is 0. The van der Waals surface area contributed by atoms with Crippen LogP contribution in [0.3, 0.4) is 0 Å². The van der Waals surface area contributed by atoms with Crippen molar-refractivity contribution in [3.8, 4) is 0 Å². The van der Waals surface area contributed by atoms with Crippen LogP contribution in [-0.2, 0) is 16.1 Å². The fourth-order valence-electron chi connectivity index (χ4n) is 3.00. The fraction of sp³-hybridized carbons (Fsp3) is 0.600. The molecule has 0 saturated carbocycles. The SMILES string of the molecule is CN(Cc1ccc(Br)cc1)C(=O)CC1CCN(C(=O)OC(C)(C)C)CC1. The third kappa shape index (κ3) is 6.63. The highest BCUT2D eigenvalue weighted by Crippen LogP contribution is 2.23. The molecule has 1 aliphatic heterocycles. The van der Waals surface area contributed by atoms with Crippen LogP contribution < -0.4 is 0 Å². The molecule has 0 bridgehead atoms. The Labute approximate surface area is 164 Å². The van der Waals surface area contributed by atoms with Gasteiger partial charge in [0.1, 0.15) is 5.60 Å². The summed E-state index contributed by atoms with van der Waals surface area (Å²) in [5.41, 5.74) is 0.642. The highest BCUT2D eigenvalue weighted by Gasteiger charge is 2.28. The van der Waals surface area contributed by atoms with Crippen molar-refractivity contribution < 1.29 is 14.3 Å². The van der Waals surface area contributed by atoms with Crippen LogP contribution in [0, 0.1) is 5.92 Å². The number of hydrogen-bond acceptors (Lipinski definition) is 3.